The van der Waals surface area contributed by atoms with Crippen molar-refractivity contribution in [3.63, 3.8) is 0 Å². The Bertz CT molecular complexity index is 672. The lowest BCUT2D eigenvalue weighted by atomic mass is 10.0. The number of primary amides is 1. The third-order valence-corrected chi connectivity index (χ3v) is 4.00. The second kappa shape index (κ2) is 11.6. The summed E-state index contributed by atoms with van der Waals surface area (Å²) in [6, 6.07) is 15.3. The molecule has 5 heteroatoms. The largest absolute Gasteiger partial charge is 0.494 e. The van der Waals surface area contributed by atoms with E-state index in [1.807, 2.05) is 36.4 Å². The van der Waals surface area contributed by atoms with Gasteiger partial charge in [0, 0.05) is 5.56 Å². The van der Waals surface area contributed by atoms with Crippen LogP contribution in [-0.4, -0.2) is 25.6 Å². The summed E-state index contributed by atoms with van der Waals surface area (Å²) >= 11 is 0. The molecule has 0 aromatic heterocycles. The van der Waals surface area contributed by atoms with Gasteiger partial charge >= 0.3 is 0 Å². The quantitative estimate of drug-likeness (QED) is 0.608. The maximum atomic E-state index is 11.1. The number of benzene rings is 2. The van der Waals surface area contributed by atoms with Crippen LogP contribution in [0.4, 0.5) is 0 Å². The second-order valence-corrected chi connectivity index (χ2v) is 6.60. The summed E-state index contributed by atoms with van der Waals surface area (Å²) in [5.41, 5.74) is 7.88. The minimum atomic E-state index is -0.411. The molecule has 26 heavy (non-hydrogen) atoms. The molecule has 2 rings (SSSR count). The Kier molecular flexibility index (Phi) is 9.78. The highest BCUT2D eigenvalue weighted by atomic mass is 35.5. The van der Waals surface area contributed by atoms with Crippen LogP contribution in [0.5, 0.6) is 5.75 Å². The number of carbonyl (C=O) groups is 1. The fourth-order valence-corrected chi connectivity index (χ4v) is 2.50. The van der Waals surface area contributed by atoms with Gasteiger partial charge in [0.25, 0.3) is 0 Å². The summed E-state index contributed by atoms with van der Waals surface area (Å²) in [6.07, 6.45) is 2.19. The summed E-state index contributed by atoms with van der Waals surface area (Å²) in [4.78, 5) is 11.1. The van der Waals surface area contributed by atoms with Crippen molar-refractivity contribution in [3.05, 3.63) is 54.1 Å². The van der Waals surface area contributed by atoms with Gasteiger partial charge in [0.05, 0.1) is 6.61 Å². The molecule has 4 nitrogen and oxygen atoms in total. The van der Waals surface area contributed by atoms with Gasteiger partial charge < -0.3 is 15.8 Å². The normalized spacial score (nSPS) is 10.4. The van der Waals surface area contributed by atoms with Crippen LogP contribution in [0.15, 0.2) is 48.5 Å². The van der Waals surface area contributed by atoms with E-state index in [0.29, 0.717) is 12.2 Å². The van der Waals surface area contributed by atoms with Gasteiger partial charge in [-0.25, -0.2) is 0 Å². The zero-order valence-electron chi connectivity index (χ0n) is 15.5. The van der Waals surface area contributed by atoms with Crippen molar-refractivity contribution in [1.82, 2.24) is 5.32 Å². The van der Waals surface area contributed by atoms with Gasteiger partial charge in [-0.15, -0.1) is 12.4 Å². The average Bonchev–Trinajstić information content (AvgIpc) is 2.61. The number of halogens is 1. The second-order valence-electron chi connectivity index (χ2n) is 6.60. The van der Waals surface area contributed by atoms with Gasteiger partial charge in [-0.1, -0.05) is 38.1 Å². The van der Waals surface area contributed by atoms with Crippen LogP contribution < -0.4 is 15.8 Å². The smallest absolute Gasteiger partial charge is 0.248 e. The van der Waals surface area contributed by atoms with E-state index in [4.69, 9.17) is 10.5 Å². The lowest BCUT2D eigenvalue weighted by Crippen LogP contribution is -2.19. The third-order valence-electron chi connectivity index (χ3n) is 4.00. The van der Waals surface area contributed by atoms with E-state index >= 15 is 0 Å². The molecular weight excluding hydrogens is 348 g/mol. The summed E-state index contributed by atoms with van der Waals surface area (Å²) in [5, 5.41) is 3.44. The van der Waals surface area contributed by atoms with E-state index in [-0.39, 0.29) is 12.4 Å². The van der Waals surface area contributed by atoms with Gasteiger partial charge in [0.2, 0.25) is 5.91 Å². The van der Waals surface area contributed by atoms with Crippen LogP contribution in [0.3, 0.4) is 0 Å². The molecule has 0 fully saturated rings. The number of hydrogen-bond acceptors (Lipinski definition) is 3. The first-order valence-corrected chi connectivity index (χ1v) is 8.90. The Labute approximate surface area is 162 Å². The fourth-order valence-electron chi connectivity index (χ4n) is 2.50. The van der Waals surface area contributed by atoms with Crippen molar-refractivity contribution in [2.75, 3.05) is 19.7 Å². The maximum absolute atomic E-state index is 11.1. The first-order valence-electron chi connectivity index (χ1n) is 8.90. The summed E-state index contributed by atoms with van der Waals surface area (Å²) in [5.74, 6) is 1.19. The van der Waals surface area contributed by atoms with Crippen molar-refractivity contribution in [3.8, 4) is 16.9 Å². The van der Waals surface area contributed by atoms with Gasteiger partial charge in [-0.3, -0.25) is 4.79 Å². The Morgan fingerprint density at radius 3 is 2.46 bits per heavy atom. The van der Waals surface area contributed by atoms with Crippen LogP contribution in [-0.2, 0) is 0 Å². The average molecular weight is 377 g/mol. The topological polar surface area (TPSA) is 64.3 Å². The molecule has 0 saturated carbocycles. The molecule has 2 aromatic carbocycles. The van der Waals surface area contributed by atoms with Crippen molar-refractivity contribution in [2.24, 2.45) is 11.7 Å². The predicted octanol–water partition coefficient (Wildman–Crippen LogP) is 4.28. The number of rotatable bonds is 10. The van der Waals surface area contributed by atoms with E-state index in [1.165, 1.54) is 6.42 Å². The molecule has 0 saturated heterocycles. The molecular formula is C21H29ClN2O2. The van der Waals surface area contributed by atoms with Gasteiger partial charge in [0.1, 0.15) is 5.75 Å². The monoisotopic (exact) mass is 376 g/mol. The molecule has 0 aliphatic heterocycles. The number of carbonyl (C=O) groups excluding carboxylic acids is 1. The van der Waals surface area contributed by atoms with E-state index in [0.717, 1.165) is 42.3 Å². The number of amides is 1. The zero-order valence-corrected chi connectivity index (χ0v) is 16.4. The summed E-state index contributed by atoms with van der Waals surface area (Å²) < 4.78 is 5.84. The predicted molar refractivity (Wildman–Crippen MR) is 110 cm³/mol. The molecule has 0 radical (unpaired) electrons. The first-order chi connectivity index (χ1) is 12.1. The Hall–Kier alpha value is -2.04. The molecule has 0 aliphatic rings. The first kappa shape index (κ1) is 22.0. The van der Waals surface area contributed by atoms with Gasteiger partial charge in [0.15, 0.2) is 0 Å². The fraction of sp³-hybridized carbons (Fsp3) is 0.381. The molecule has 2 aromatic rings. The Morgan fingerprint density at radius 1 is 1.08 bits per heavy atom. The molecule has 0 heterocycles. The van der Waals surface area contributed by atoms with Crippen LogP contribution in [0.25, 0.3) is 11.1 Å². The molecule has 142 valence electrons. The van der Waals surface area contributed by atoms with Crippen LogP contribution in [0.1, 0.15) is 37.0 Å². The molecule has 1 amide bonds. The summed E-state index contributed by atoms with van der Waals surface area (Å²) in [7, 11) is 0. The number of hydrogen-bond donors (Lipinski definition) is 2. The van der Waals surface area contributed by atoms with E-state index in [9.17, 15) is 4.79 Å². The summed E-state index contributed by atoms with van der Waals surface area (Å²) in [6.45, 7) is 7.20. The van der Waals surface area contributed by atoms with Gasteiger partial charge in [-0.2, -0.15) is 0 Å². The van der Waals surface area contributed by atoms with Gasteiger partial charge in [-0.05, 0) is 67.2 Å². The molecule has 0 atom stereocenters. The lowest BCUT2D eigenvalue weighted by molar-refractivity contribution is 0.100. The molecule has 3 N–H and O–H groups in total. The minimum Gasteiger partial charge on any atom is -0.494 e. The molecule has 0 aliphatic carbocycles. The Morgan fingerprint density at radius 2 is 1.81 bits per heavy atom. The standard InChI is InChI=1S/C21H28N2O2.ClH/c1-16(2)11-13-23-12-4-14-25-20-6-3-5-19(15-20)17-7-9-18(10-8-17)21(22)24;/h3,5-10,15-16,23H,4,11-14H2,1-2H3,(H2,22,24);1H. The van der Waals surface area contributed by atoms with Crippen molar-refractivity contribution in [1.29, 1.82) is 0 Å². The minimum absolute atomic E-state index is 0. The van der Waals surface area contributed by atoms with E-state index in [2.05, 4.69) is 19.2 Å². The van der Waals surface area contributed by atoms with Crippen molar-refractivity contribution >= 4 is 18.3 Å². The number of nitrogens with two attached hydrogens (primary N) is 1. The highest BCUT2D eigenvalue weighted by Gasteiger charge is 2.03. The van der Waals surface area contributed by atoms with Crippen molar-refractivity contribution < 1.29 is 9.53 Å². The number of ether oxygens (including phenoxy) is 1. The van der Waals surface area contributed by atoms with Crippen LogP contribution in [0.2, 0.25) is 0 Å². The Balaban J connectivity index is 0.00000338. The van der Waals surface area contributed by atoms with E-state index < -0.39 is 5.91 Å². The third kappa shape index (κ3) is 7.46. The SMILES string of the molecule is CC(C)CCNCCCOc1cccc(-c2ccc(C(N)=O)cc2)c1.Cl. The van der Waals surface area contributed by atoms with Crippen LogP contribution >= 0.6 is 12.4 Å². The lowest BCUT2D eigenvalue weighted by Gasteiger charge is -2.10. The van der Waals surface area contributed by atoms with Crippen molar-refractivity contribution in [2.45, 2.75) is 26.7 Å². The van der Waals surface area contributed by atoms with E-state index in [1.54, 1.807) is 12.1 Å². The molecule has 0 bridgehead atoms. The molecule has 0 spiro atoms. The number of nitrogens with one attached hydrogen (secondary N) is 1. The zero-order chi connectivity index (χ0) is 18.1. The highest BCUT2D eigenvalue weighted by molar-refractivity contribution is 5.93. The highest BCUT2D eigenvalue weighted by Crippen LogP contribution is 2.24. The molecule has 0 unspecified atom stereocenters. The van der Waals surface area contributed by atoms with Crippen LogP contribution in [0, 0.1) is 5.92 Å². The maximum Gasteiger partial charge on any atom is 0.248 e.